The highest BCUT2D eigenvalue weighted by atomic mass is 32.2. The van der Waals surface area contributed by atoms with Crippen molar-refractivity contribution in [1.82, 2.24) is 9.97 Å². The number of para-hydroxylation sites is 1. The van der Waals surface area contributed by atoms with Crippen molar-refractivity contribution < 1.29 is 9.53 Å². The number of nitrogen functional groups attached to an aromatic ring is 1. The zero-order valence-corrected chi connectivity index (χ0v) is 10.5. The third-order valence-corrected chi connectivity index (χ3v) is 3.14. The fourth-order valence-electron chi connectivity index (χ4n) is 1.29. The zero-order valence-electron chi connectivity index (χ0n) is 9.66. The summed E-state index contributed by atoms with van der Waals surface area (Å²) in [6, 6.07) is 7.43. The molecule has 0 unspecified atom stereocenters. The maximum Gasteiger partial charge on any atom is 0.358 e. The number of hydrogen-bond donors (Lipinski definition) is 1. The number of esters is 1. The first-order chi connectivity index (χ1) is 8.70. The van der Waals surface area contributed by atoms with Gasteiger partial charge >= 0.3 is 5.97 Å². The Hall–Kier alpha value is -2.08. The minimum atomic E-state index is -0.508. The number of hydrogen-bond acceptors (Lipinski definition) is 6. The van der Waals surface area contributed by atoms with Gasteiger partial charge in [-0.3, -0.25) is 4.98 Å². The van der Waals surface area contributed by atoms with Crippen molar-refractivity contribution in [2.75, 3.05) is 12.8 Å². The molecule has 0 radical (unpaired) electrons. The predicted molar refractivity (Wildman–Crippen MR) is 68.3 cm³/mol. The molecular formula is C12H11N3O2S. The normalized spacial score (nSPS) is 10.1. The molecule has 0 fully saturated rings. The average molecular weight is 261 g/mol. The molecule has 0 aliphatic heterocycles. The summed E-state index contributed by atoms with van der Waals surface area (Å²) < 4.78 is 4.59. The van der Waals surface area contributed by atoms with Crippen LogP contribution in [0.4, 0.5) is 5.69 Å². The van der Waals surface area contributed by atoms with Gasteiger partial charge in [0.05, 0.1) is 19.5 Å². The minimum absolute atomic E-state index is 0.178. The molecule has 1 aromatic carbocycles. The van der Waals surface area contributed by atoms with Crippen LogP contribution < -0.4 is 5.73 Å². The summed E-state index contributed by atoms with van der Waals surface area (Å²) >= 11 is 1.35. The van der Waals surface area contributed by atoms with E-state index in [9.17, 15) is 4.79 Å². The molecule has 1 aromatic heterocycles. The van der Waals surface area contributed by atoms with Gasteiger partial charge in [0.1, 0.15) is 5.03 Å². The van der Waals surface area contributed by atoms with E-state index >= 15 is 0 Å². The standard InChI is InChI=1S/C12H11N3O2S/c1-17-12(16)9-6-14-7-11(15-9)18-10-5-3-2-4-8(10)13/h2-7H,13H2,1H3. The summed E-state index contributed by atoms with van der Waals surface area (Å²) in [6.07, 6.45) is 2.94. The fourth-order valence-corrected chi connectivity index (χ4v) is 2.10. The highest BCUT2D eigenvalue weighted by molar-refractivity contribution is 7.99. The first-order valence-electron chi connectivity index (χ1n) is 5.13. The van der Waals surface area contributed by atoms with Gasteiger partial charge in [-0.25, -0.2) is 9.78 Å². The van der Waals surface area contributed by atoms with E-state index in [1.807, 2.05) is 18.2 Å². The molecule has 0 spiro atoms. The summed E-state index contributed by atoms with van der Waals surface area (Å²) in [6.45, 7) is 0. The molecule has 2 aromatic rings. The van der Waals surface area contributed by atoms with Crippen LogP contribution in [-0.2, 0) is 4.74 Å². The van der Waals surface area contributed by atoms with Gasteiger partial charge in [-0.15, -0.1) is 0 Å². The highest BCUT2D eigenvalue weighted by Crippen LogP contribution is 2.29. The molecule has 0 amide bonds. The largest absolute Gasteiger partial charge is 0.464 e. The minimum Gasteiger partial charge on any atom is -0.464 e. The highest BCUT2D eigenvalue weighted by Gasteiger charge is 2.10. The van der Waals surface area contributed by atoms with Crippen LogP contribution in [0, 0.1) is 0 Å². The molecule has 0 saturated carbocycles. The second kappa shape index (κ2) is 5.50. The number of aromatic nitrogens is 2. The Labute approximate surface area is 108 Å². The van der Waals surface area contributed by atoms with Crippen LogP contribution in [0.15, 0.2) is 46.6 Å². The third-order valence-electron chi connectivity index (χ3n) is 2.14. The Bertz CT molecular complexity index is 575. The van der Waals surface area contributed by atoms with Gasteiger partial charge in [0.15, 0.2) is 5.69 Å². The lowest BCUT2D eigenvalue weighted by Crippen LogP contribution is -2.05. The van der Waals surface area contributed by atoms with Crippen molar-refractivity contribution in [1.29, 1.82) is 0 Å². The van der Waals surface area contributed by atoms with E-state index in [4.69, 9.17) is 5.73 Å². The van der Waals surface area contributed by atoms with Gasteiger partial charge in [0, 0.05) is 10.6 Å². The van der Waals surface area contributed by atoms with E-state index in [-0.39, 0.29) is 5.69 Å². The van der Waals surface area contributed by atoms with Gasteiger partial charge in [-0.05, 0) is 12.1 Å². The average Bonchev–Trinajstić information content (AvgIpc) is 2.41. The molecule has 0 bridgehead atoms. The number of nitrogens with zero attached hydrogens (tertiary/aromatic N) is 2. The van der Waals surface area contributed by atoms with E-state index < -0.39 is 5.97 Å². The Balaban J connectivity index is 2.25. The Kier molecular flexibility index (Phi) is 3.78. The van der Waals surface area contributed by atoms with Gasteiger partial charge in [0.2, 0.25) is 0 Å². The zero-order chi connectivity index (χ0) is 13.0. The van der Waals surface area contributed by atoms with Crippen LogP contribution in [0.1, 0.15) is 10.5 Å². The first-order valence-corrected chi connectivity index (χ1v) is 5.95. The number of nitrogens with two attached hydrogens (primary N) is 1. The topological polar surface area (TPSA) is 78.1 Å². The number of carbonyl (C=O) groups excluding carboxylic acids is 1. The number of methoxy groups -OCH3 is 1. The van der Waals surface area contributed by atoms with Crippen molar-refractivity contribution >= 4 is 23.4 Å². The second-order valence-corrected chi connectivity index (χ2v) is 4.44. The van der Waals surface area contributed by atoms with Crippen molar-refractivity contribution in [2.45, 2.75) is 9.92 Å². The number of anilines is 1. The van der Waals surface area contributed by atoms with Crippen LogP contribution in [-0.4, -0.2) is 23.0 Å². The van der Waals surface area contributed by atoms with Gasteiger partial charge < -0.3 is 10.5 Å². The van der Waals surface area contributed by atoms with Gasteiger partial charge in [0.25, 0.3) is 0 Å². The fraction of sp³-hybridized carbons (Fsp3) is 0.0833. The molecule has 2 rings (SSSR count). The lowest BCUT2D eigenvalue weighted by molar-refractivity contribution is 0.0592. The lowest BCUT2D eigenvalue weighted by atomic mass is 10.3. The van der Waals surface area contributed by atoms with E-state index in [1.165, 1.54) is 25.1 Å². The van der Waals surface area contributed by atoms with Gasteiger partial charge in [-0.1, -0.05) is 23.9 Å². The molecular weight excluding hydrogens is 250 g/mol. The van der Waals surface area contributed by atoms with Gasteiger partial charge in [-0.2, -0.15) is 0 Å². The molecule has 5 nitrogen and oxygen atoms in total. The molecule has 2 N–H and O–H groups in total. The first kappa shape index (κ1) is 12.4. The van der Waals surface area contributed by atoms with E-state index in [2.05, 4.69) is 14.7 Å². The van der Waals surface area contributed by atoms with Crippen LogP contribution in [0.25, 0.3) is 0 Å². The molecule has 18 heavy (non-hydrogen) atoms. The second-order valence-electron chi connectivity index (χ2n) is 3.37. The number of benzene rings is 1. The molecule has 0 atom stereocenters. The van der Waals surface area contributed by atoms with E-state index in [1.54, 1.807) is 12.3 Å². The molecule has 92 valence electrons. The SMILES string of the molecule is COC(=O)c1cncc(Sc2ccccc2N)n1. The summed E-state index contributed by atoms with van der Waals surface area (Å²) in [7, 11) is 1.30. The third kappa shape index (κ3) is 2.78. The summed E-state index contributed by atoms with van der Waals surface area (Å²) in [4.78, 5) is 20.3. The van der Waals surface area contributed by atoms with Crippen LogP contribution >= 0.6 is 11.8 Å². The van der Waals surface area contributed by atoms with Crippen molar-refractivity contribution in [3.05, 3.63) is 42.4 Å². The predicted octanol–water partition coefficient (Wildman–Crippen LogP) is 2.00. The summed E-state index contributed by atoms with van der Waals surface area (Å²) in [5.41, 5.74) is 6.67. The molecule has 0 aliphatic carbocycles. The van der Waals surface area contributed by atoms with Crippen LogP contribution in [0.3, 0.4) is 0 Å². The maximum absolute atomic E-state index is 11.3. The van der Waals surface area contributed by atoms with E-state index in [0.29, 0.717) is 10.7 Å². The molecule has 0 aliphatic rings. The Morgan fingerprint density at radius 3 is 2.83 bits per heavy atom. The van der Waals surface area contributed by atoms with Crippen molar-refractivity contribution in [3.8, 4) is 0 Å². The molecule has 0 saturated heterocycles. The lowest BCUT2D eigenvalue weighted by Gasteiger charge is -2.04. The quantitative estimate of drug-likeness (QED) is 0.672. The monoisotopic (exact) mass is 261 g/mol. The Morgan fingerprint density at radius 1 is 1.33 bits per heavy atom. The van der Waals surface area contributed by atoms with Crippen molar-refractivity contribution in [2.24, 2.45) is 0 Å². The van der Waals surface area contributed by atoms with E-state index in [0.717, 1.165) is 4.90 Å². The van der Waals surface area contributed by atoms with Crippen molar-refractivity contribution in [3.63, 3.8) is 0 Å². The number of ether oxygens (including phenoxy) is 1. The number of carbonyl (C=O) groups is 1. The van der Waals surface area contributed by atoms with Crippen LogP contribution in [0.5, 0.6) is 0 Å². The molecule has 6 heteroatoms. The summed E-state index contributed by atoms with van der Waals surface area (Å²) in [5.74, 6) is -0.508. The number of rotatable bonds is 3. The smallest absolute Gasteiger partial charge is 0.358 e. The van der Waals surface area contributed by atoms with Crippen LogP contribution in [0.2, 0.25) is 0 Å². The molecule has 1 heterocycles. The summed E-state index contributed by atoms with van der Waals surface area (Å²) in [5, 5.41) is 0.593. The maximum atomic E-state index is 11.3. The Morgan fingerprint density at radius 2 is 2.11 bits per heavy atom.